The van der Waals surface area contributed by atoms with Crippen LogP contribution in [-0.4, -0.2) is 48.5 Å². The molecule has 0 amide bonds. The number of rotatable bonds is 5. The maximum Gasteiger partial charge on any atom is 0.325 e. The minimum atomic E-state index is -4.22. The minimum absolute atomic E-state index is 0.00339. The van der Waals surface area contributed by atoms with Crippen LogP contribution in [0.1, 0.15) is 83.9 Å². The van der Waals surface area contributed by atoms with E-state index in [-0.39, 0.29) is 29.9 Å². The monoisotopic (exact) mass is 541 g/mol. The van der Waals surface area contributed by atoms with Gasteiger partial charge in [0, 0.05) is 30.6 Å². The van der Waals surface area contributed by atoms with E-state index in [2.05, 4.69) is 30.7 Å². The minimum Gasteiger partial charge on any atom is -0.324 e. The van der Waals surface area contributed by atoms with E-state index in [1.54, 1.807) is 0 Å². The average Bonchev–Trinajstić information content (AvgIpc) is 2.84. The van der Waals surface area contributed by atoms with Crippen molar-refractivity contribution in [2.75, 3.05) is 6.16 Å². The molecule has 1 aromatic carbocycles. The zero-order valence-corrected chi connectivity index (χ0v) is 24.0. The smallest absolute Gasteiger partial charge is 0.324 e. The van der Waals surface area contributed by atoms with E-state index in [0.29, 0.717) is 24.0 Å². The van der Waals surface area contributed by atoms with Gasteiger partial charge in [-0.3, -0.25) is 14.3 Å². The third kappa shape index (κ3) is 4.93. The molecule has 2 aliphatic heterocycles. The van der Waals surface area contributed by atoms with Crippen LogP contribution >= 0.6 is 7.60 Å². The first-order valence-corrected chi connectivity index (χ1v) is 16.7. The predicted molar refractivity (Wildman–Crippen MR) is 150 cm³/mol. The van der Waals surface area contributed by atoms with Gasteiger partial charge in [-0.25, -0.2) is 4.98 Å². The number of aryl methyl sites for hydroxylation is 1. The second kappa shape index (κ2) is 10.1. The molecule has 4 unspecified atom stereocenters. The van der Waals surface area contributed by atoms with E-state index in [4.69, 9.17) is 0 Å². The van der Waals surface area contributed by atoms with E-state index < -0.39 is 7.60 Å². The lowest BCUT2D eigenvalue weighted by molar-refractivity contribution is -0.0756. The summed E-state index contributed by atoms with van der Waals surface area (Å²) in [7, 11) is -4.22. The van der Waals surface area contributed by atoms with Gasteiger partial charge in [0.1, 0.15) is 5.69 Å². The van der Waals surface area contributed by atoms with Crippen molar-refractivity contribution in [2.24, 2.45) is 29.6 Å². The Balaban J connectivity index is 1.34. The fourth-order valence-electron chi connectivity index (χ4n) is 8.65. The van der Waals surface area contributed by atoms with Crippen LogP contribution in [0.25, 0.3) is 11.0 Å². The fraction of sp³-hybridized carbons (Fsp3) is 0.733. The second-order valence-electron chi connectivity index (χ2n) is 13.3. The van der Waals surface area contributed by atoms with Gasteiger partial charge in [0.2, 0.25) is 0 Å². The summed E-state index contributed by atoms with van der Waals surface area (Å²) in [6.45, 7) is 7.36. The summed E-state index contributed by atoms with van der Waals surface area (Å²) in [6.07, 6.45) is 9.46. The lowest BCUT2D eigenvalue weighted by atomic mass is 9.60. The highest BCUT2D eigenvalue weighted by Gasteiger charge is 2.48. The van der Waals surface area contributed by atoms with Gasteiger partial charge in [-0.05, 0) is 93.1 Å². The first kappa shape index (κ1) is 26.7. The predicted octanol–water partition coefficient (Wildman–Crippen LogP) is 5.38. The summed E-state index contributed by atoms with van der Waals surface area (Å²) < 4.78 is 13.5. The molecule has 0 spiro atoms. The largest absolute Gasteiger partial charge is 0.325 e. The van der Waals surface area contributed by atoms with Gasteiger partial charge in [0.25, 0.3) is 5.56 Å². The fourth-order valence-corrected chi connectivity index (χ4v) is 9.15. The average molecular weight is 542 g/mol. The van der Waals surface area contributed by atoms with Gasteiger partial charge in [0.05, 0.1) is 17.2 Å². The number of hydrogen-bond donors (Lipinski definition) is 2. The van der Waals surface area contributed by atoms with Crippen molar-refractivity contribution in [3.8, 4) is 0 Å². The Morgan fingerprint density at radius 2 is 1.68 bits per heavy atom. The van der Waals surface area contributed by atoms with Crippen molar-refractivity contribution < 1.29 is 14.4 Å². The first-order chi connectivity index (χ1) is 18.1. The first-order valence-electron chi connectivity index (χ1n) is 14.9. The number of aromatic nitrogens is 2. The number of para-hydroxylation sites is 2. The SMILES string of the molecule is CC1CC[C@@H]2C[C@H](n3c(=O)c(CCP(=O)(O)O)nc4ccccc43)CC1N2[C@H]1CC(C)C(C)[C@H]2C[C@@H](C1)C2. The van der Waals surface area contributed by atoms with E-state index in [0.717, 1.165) is 47.5 Å². The van der Waals surface area contributed by atoms with Crippen LogP contribution in [0, 0.1) is 29.6 Å². The Hall–Kier alpha value is -1.53. The Labute approximate surface area is 226 Å². The van der Waals surface area contributed by atoms with Gasteiger partial charge >= 0.3 is 7.60 Å². The molecule has 7 rings (SSSR count). The number of fused-ring (bicyclic) bond motifs is 8. The van der Waals surface area contributed by atoms with Crippen LogP contribution in [0.5, 0.6) is 0 Å². The molecule has 3 saturated carbocycles. The number of nitrogens with zero attached hydrogens (tertiary/aromatic N) is 3. The Bertz CT molecular complexity index is 1280. The van der Waals surface area contributed by atoms with Crippen LogP contribution in [-0.2, 0) is 11.0 Å². The van der Waals surface area contributed by atoms with Crippen molar-refractivity contribution in [1.82, 2.24) is 14.5 Å². The van der Waals surface area contributed by atoms with E-state index in [1.807, 2.05) is 28.8 Å². The third-order valence-corrected chi connectivity index (χ3v) is 11.7. The van der Waals surface area contributed by atoms with E-state index >= 15 is 0 Å². The molecule has 5 aliphatic rings. The Morgan fingerprint density at radius 1 is 0.921 bits per heavy atom. The summed E-state index contributed by atoms with van der Waals surface area (Å²) in [6, 6.07) is 9.43. The highest BCUT2D eigenvalue weighted by Crippen LogP contribution is 2.51. The highest BCUT2D eigenvalue weighted by atomic mass is 31.2. The highest BCUT2D eigenvalue weighted by molar-refractivity contribution is 7.51. The summed E-state index contributed by atoms with van der Waals surface area (Å²) in [5, 5.41) is 0. The molecular formula is C30H44N3O4P. The van der Waals surface area contributed by atoms with Crippen LogP contribution in [0.2, 0.25) is 0 Å². The standard InChI is InChI=1S/C30H44N3O4P/c1-18-8-9-23-16-25(17-29(18)32(23)24-12-19(2)20(3)22-13-21(14-22)15-24)33-28-7-5-4-6-26(28)31-27(30(33)34)10-11-38(35,36)37/h4-7,18-25,29H,8-17H2,1-3H3,(H2,35,36,37)/t18?,19?,20?,21-,22+,23-,24+,25+,29?/m1/s1. The maximum absolute atomic E-state index is 13.8. The lowest BCUT2D eigenvalue weighted by Crippen LogP contribution is -2.61. The molecule has 4 bridgehead atoms. The molecule has 2 saturated heterocycles. The van der Waals surface area contributed by atoms with Crippen LogP contribution < -0.4 is 5.56 Å². The zero-order valence-electron chi connectivity index (χ0n) is 23.1. The maximum atomic E-state index is 13.8. The Morgan fingerprint density at radius 3 is 2.45 bits per heavy atom. The summed E-state index contributed by atoms with van der Waals surface area (Å²) in [5.41, 5.74) is 1.68. The molecule has 3 aliphatic carbocycles. The normalized spacial score (nSPS) is 37.9. The van der Waals surface area contributed by atoms with Crippen LogP contribution in [0.3, 0.4) is 0 Å². The van der Waals surface area contributed by atoms with Crippen LogP contribution in [0.15, 0.2) is 29.1 Å². The van der Waals surface area contributed by atoms with Gasteiger partial charge in [-0.1, -0.05) is 32.9 Å². The molecule has 2 aromatic rings. The number of piperidine rings is 2. The quantitative estimate of drug-likeness (QED) is 0.494. The van der Waals surface area contributed by atoms with Gasteiger partial charge < -0.3 is 14.4 Å². The van der Waals surface area contributed by atoms with E-state index in [1.165, 1.54) is 38.5 Å². The summed E-state index contributed by atoms with van der Waals surface area (Å²) >= 11 is 0. The molecule has 7 atom stereocenters. The topological polar surface area (TPSA) is 95.7 Å². The molecule has 0 radical (unpaired) electrons. The summed E-state index contributed by atoms with van der Waals surface area (Å²) in [5.74, 6) is 3.99. The number of benzene rings is 1. The van der Waals surface area contributed by atoms with Gasteiger partial charge in [-0.15, -0.1) is 0 Å². The molecular weight excluding hydrogens is 497 g/mol. The molecule has 38 heavy (non-hydrogen) atoms. The molecule has 1 aromatic heterocycles. The van der Waals surface area contributed by atoms with Gasteiger partial charge in [0.15, 0.2) is 0 Å². The molecule has 7 nitrogen and oxygen atoms in total. The Kier molecular flexibility index (Phi) is 7.12. The molecule has 208 valence electrons. The lowest BCUT2D eigenvalue weighted by Gasteiger charge is -2.57. The van der Waals surface area contributed by atoms with Crippen LogP contribution in [0.4, 0.5) is 0 Å². The van der Waals surface area contributed by atoms with Crippen molar-refractivity contribution in [3.05, 3.63) is 40.3 Å². The van der Waals surface area contributed by atoms with Crippen molar-refractivity contribution in [3.63, 3.8) is 0 Å². The van der Waals surface area contributed by atoms with Gasteiger partial charge in [-0.2, -0.15) is 0 Å². The summed E-state index contributed by atoms with van der Waals surface area (Å²) in [4.78, 5) is 40.2. The molecule has 8 heteroatoms. The van der Waals surface area contributed by atoms with E-state index in [9.17, 15) is 19.1 Å². The zero-order chi connectivity index (χ0) is 26.8. The van der Waals surface area contributed by atoms with Crippen molar-refractivity contribution in [1.29, 1.82) is 0 Å². The van der Waals surface area contributed by atoms with Crippen molar-refractivity contribution >= 4 is 18.6 Å². The number of hydrogen-bond acceptors (Lipinski definition) is 4. The second-order valence-corrected chi connectivity index (χ2v) is 15.0. The van der Waals surface area contributed by atoms with Crippen molar-refractivity contribution in [2.45, 2.75) is 103 Å². The third-order valence-electron chi connectivity index (χ3n) is 10.9. The molecule has 2 N–H and O–H groups in total. The molecule has 3 heterocycles. The molecule has 5 fully saturated rings.